The Kier molecular flexibility index (Phi) is 5.81. The van der Waals surface area contributed by atoms with Crippen LogP contribution in [0.15, 0.2) is 36.5 Å². The predicted octanol–water partition coefficient (Wildman–Crippen LogP) is 4.50. The van der Waals surface area contributed by atoms with Crippen molar-refractivity contribution >= 4 is 29.1 Å². The maximum atomic E-state index is 6.33. The van der Waals surface area contributed by atoms with E-state index in [4.69, 9.17) is 11.6 Å². The van der Waals surface area contributed by atoms with Crippen molar-refractivity contribution in [2.75, 3.05) is 23.3 Å². The molecule has 0 fully saturated rings. The lowest BCUT2D eigenvalue weighted by Gasteiger charge is -2.25. The maximum absolute atomic E-state index is 6.33. The second-order valence-corrected chi connectivity index (χ2v) is 5.14. The van der Waals surface area contributed by atoms with Gasteiger partial charge < -0.3 is 10.2 Å². The first kappa shape index (κ1) is 15.6. The molecule has 0 aliphatic carbocycles. The second-order valence-electron chi connectivity index (χ2n) is 4.74. The standard InChI is InChI=1S/C16H21ClN4/c1-3-5-11-21(13-9-7-6-8-10-13)15-14(17)12-19-16(20-15)18-4-2/h6-10,12H,3-5,11H2,1-2H3,(H,18,19,20). The molecule has 2 aromatic rings. The number of unbranched alkanes of at least 4 members (excludes halogenated alkanes) is 1. The van der Waals surface area contributed by atoms with Gasteiger partial charge in [0.25, 0.3) is 0 Å². The van der Waals surface area contributed by atoms with E-state index in [2.05, 4.69) is 39.2 Å². The van der Waals surface area contributed by atoms with E-state index in [0.717, 1.165) is 37.4 Å². The number of rotatable bonds is 7. The molecule has 4 nitrogen and oxygen atoms in total. The molecule has 0 unspecified atom stereocenters. The molecule has 112 valence electrons. The fourth-order valence-corrected chi connectivity index (χ4v) is 2.27. The molecule has 1 aromatic carbocycles. The number of benzene rings is 1. The summed E-state index contributed by atoms with van der Waals surface area (Å²) in [7, 11) is 0. The average molecular weight is 305 g/mol. The van der Waals surface area contributed by atoms with Gasteiger partial charge in [0.1, 0.15) is 5.02 Å². The van der Waals surface area contributed by atoms with Crippen molar-refractivity contribution in [2.24, 2.45) is 0 Å². The molecule has 5 heteroatoms. The third-order valence-electron chi connectivity index (χ3n) is 3.12. The van der Waals surface area contributed by atoms with E-state index in [0.29, 0.717) is 11.0 Å². The molecular weight excluding hydrogens is 284 g/mol. The van der Waals surface area contributed by atoms with Gasteiger partial charge in [-0.2, -0.15) is 4.98 Å². The monoisotopic (exact) mass is 304 g/mol. The zero-order valence-corrected chi connectivity index (χ0v) is 13.3. The van der Waals surface area contributed by atoms with Gasteiger partial charge in [-0.15, -0.1) is 0 Å². The van der Waals surface area contributed by atoms with Crippen LogP contribution in [0.4, 0.5) is 17.5 Å². The number of hydrogen-bond donors (Lipinski definition) is 1. The van der Waals surface area contributed by atoms with Crippen molar-refractivity contribution in [3.8, 4) is 0 Å². The molecule has 1 aromatic heterocycles. The van der Waals surface area contributed by atoms with Crippen molar-refractivity contribution in [1.82, 2.24) is 9.97 Å². The number of nitrogens with one attached hydrogen (secondary N) is 1. The van der Waals surface area contributed by atoms with E-state index in [1.807, 2.05) is 25.1 Å². The summed E-state index contributed by atoms with van der Waals surface area (Å²) in [5, 5.41) is 3.70. The highest BCUT2D eigenvalue weighted by Gasteiger charge is 2.15. The number of nitrogens with zero attached hydrogens (tertiary/aromatic N) is 3. The highest BCUT2D eigenvalue weighted by Crippen LogP contribution is 2.30. The highest BCUT2D eigenvalue weighted by atomic mass is 35.5. The minimum absolute atomic E-state index is 0.566. The van der Waals surface area contributed by atoms with Gasteiger partial charge in [0.15, 0.2) is 5.82 Å². The Hall–Kier alpha value is -1.81. The van der Waals surface area contributed by atoms with E-state index in [1.165, 1.54) is 0 Å². The Balaban J connectivity index is 2.38. The van der Waals surface area contributed by atoms with Crippen LogP contribution in [0, 0.1) is 0 Å². The van der Waals surface area contributed by atoms with Crippen LogP contribution in [0.3, 0.4) is 0 Å². The molecule has 1 N–H and O–H groups in total. The zero-order chi connectivity index (χ0) is 15.1. The normalized spacial score (nSPS) is 10.4. The third-order valence-corrected chi connectivity index (χ3v) is 3.39. The Labute approximate surface area is 131 Å². The first-order valence-electron chi connectivity index (χ1n) is 7.35. The number of aromatic nitrogens is 2. The van der Waals surface area contributed by atoms with Gasteiger partial charge in [0.05, 0.1) is 6.20 Å². The molecule has 0 saturated carbocycles. The van der Waals surface area contributed by atoms with Gasteiger partial charge in [0, 0.05) is 18.8 Å². The molecule has 0 amide bonds. The van der Waals surface area contributed by atoms with E-state index < -0.39 is 0 Å². The molecule has 21 heavy (non-hydrogen) atoms. The smallest absolute Gasteiger partial charge is 0.224 e. The summed E-state index contributed by atoms with van der Waals surface area (Å²) in [4.78, 5) is 10.9. The van der Waals surface area contributed by atoms with Gasteiger partial charge in [-0.3, -0.25) is 0 Å². The predicted molar refractivity (Wildman–Crippen MR) is 89.6 cm³/mol. The van der Waals surface area contributed by atoms with Crippen LogP contribution in [0.25, 0.3) is 0 Å². The van der Waals surface area contributed by atoms with Gasteiger partial charge in [-0.05, 0) is 25.5 Å². The fourth-order valence-electron chi connectivity index (χ4n) is 2.07. The second kappa shape index (κ2) is 7.84. The Morgan fingerprint density at radius 3 is 2.62 bits per heavy atom. The molecule has 0 aliphatic rings. The third kappa shape index (κ3) is 4.08. The van der Waals surface area contributed by atoms with E-state index >= 15 is 0 Å². The molecule has 1 heterocycles. The summed E-state index contributed by atoms with van der Waals surface area (Å²) >= 11 is 6.33. The Morgan fingerprint density at radius 2 is 1.95 bits per heavy atom. The van der Waals surface area contributed by atoms with Crippen molar-refractivity contribution < 1.29 is 0 Å². The first-order valence-corrected chi connectivity index (χ1v) is 7.73. The SMILES string of the molecule is CCCCN(c1ccccc1)c1nc(NCC)ncc1Cl. The summed E-state index contributed by atoms with van der Waals surface area (Å²) in [6.45, 7) is 5.85. The molecule has 0 saturated heterocycles. The zero-order valence-electron chi connectivity index (χ0n) is 12.5. The van der Waals surface area contributed by atoms with Crippen LogP contribution in [-0.2, 0) is 0 Å². The van der Waals surface area contributed by atoms with Gasteiger partial charge in [0.2, 0.25) is 5.95 Å². The summed E-state index contributed by atoms with van der Waals surface area (Å²) in [6, 6.07) is 10.2. The van der Waals surface area contributed by atoms with Crippen molar-refractivity contribution in [3.05, 3.63) is 41.6 Å². The lowest BCUT2D eigenvalue weighted by atomic mass is 10.2. The van der Waals surface area contributed by atoms with Crippen LogP contribution >= 0.6 is 11.6 Å². The first-order chi connectivity index (χ1) is 10.3. The van der Waals surface area contributed by atoms with Crippen LogP contribution in [0.2, 0.25) is 5.02 Å². The fraction of sp³-hybridized carbons (Fsp3) is 0.375. The molecule has 0 radical (unpaired) electrons. The summed E-state index contributed by atoms with van der Waals surface area (Å²) < 4.78 is 0. The summed E-state index contributed by atoms with van der Waals surface area (Å²) in [5.74, 6) is 1.36. The molecule has 0 spiro atoms. The van der Waals surface area contributed by atoms with Crippen molar-refractivity contribution in [1.29, 1.82) is 0 Å². The minimum Gasteiger partial charge on any atom is -0.354 e. The Bertz CT molecular complexity index is 559. The lowest BCUT2D eigenvalue weighted by Crippen LogP contribution is -2.20. The number of halogens is 1. The van der Waals surface area contributed by atoms with E-state index in [9.17, 15) is 0 Å². The topological polar surface area (TPSA) is 41.1 Å². The number of para-hydroxylation sites is 1. The molecule has 0 atom stereocenters. The van der Waals surface area contributed by atoms with Crippen LogP contribution in [0.1, 0.15) is 26.7 Å². The van der Waals surface area contributed by atoms with Crippen LogP contribution < -0.4 is 10.2 Å². The van der Waals surface area contributed by atoms with Gasteiger partial charge >= 0.3 is 0 Å². The number of hydrogen-bond acceptors (Lipinski definition) is 4. The largest absolute Gasteiger partial charge is 0.354 e. The van der Waals surface area contributed by atoms with Gasteiger partial charge in [-0.25, -0.2) is 4.98 Å². The lowest BCUT2D eigenvalue weighted by molar-refractivity contribution is 0.778. The summed E-state index contributed by atoms with van der Waals surface area (Å²) in [6.07, 6.45) is 3.85. The van der Waals surface area contributed by atoms with Crippen molar-refractivity contribution in [2.45, 2.75) is 26.7 Å². The maximum Gasteiger partial charge on any atom is 0.224 e. The van der Waals surface area contributed by atoms with Crippen LogP contribution in [0.5, 0.6) is 0 Å². The van der Waals surface area contributed by atoms with Crippen LogP contribution in [-0.4, -0.2) is 23.1 Å². The molecule has 0 aliphatic heterocycles. The van der Waals surface area contributed by atoms with E-state index in [1.54, 1.807) is 6.20 Å². The number of anilines is 3. The quantitative estimate of drug-likeness (QED) is 0.817. The van der Waals surface area contributed by atoms with Gasteiger partial charge in [-0.1, -0.05) is 43.1 Å². The molecule has 0 bridgehead atoms. The van der Waals surface area contributed by atoms with Crippen molar-refractivity contribution in [3.63, 3.8) is 0 Å². The minimum atomic E-state index is 0.566. The molecule has 2 rings (SSSR count). The Morgan fingerprint density at radius 1 is 1.19 bits per heavy atom. The molecular formula is C16H21ClN4. The average Bonchev–Trinajstić information content (AvgIpc) is 2.52. The highest BCUT2D eigenvalue weighted by molar-refractivity contribution is 6.33. The summed E-state index contributed by atoms with van der Waals surface area (Å²) in [5.41, 5.74) is 1.09. The van der Waals surface area contributed by atoms with E-state index in [-0.39, 0.29) is 0 Å².